The number of hydrogen-bond donors (Lipinski definition) is 0. The van der Waals surface area contributed by atoms with Gasteiger partial charge in [0.2, 0.25) is 0 Å². The van der Waals surface area contributed by atoms with Crippen LogP contribution in [0.5, 0.6) is 0 Å². The lowest BCUT2D eigenvalue weighted by Crippen LogP contribution is -2.04. The number of rotatable bonds is 3. The molecule has 0 saturated carbocycles. The molecule has 1 aromatic rings. The summed E-state index contributed by atoms with van der Waals surface area (Å²) in [5, 5.41) is 0. The molecule has 0 aliphatic rings. The molecule has 0 heterocycles. The highest BCUT2D eigenvalue weighted by atomic mass is 19.1. The van der Waals surface area contributed by atoms with Gasteiger partial charge in [-0.3, -0.25) is 0 Å². The molecule has 14 heavy (non-hydrogen) atoms. The van der Waals surface area contributed by atoms with E-state index >= 15 is 0 Å². The zero-order valence-electron chi connectivity index (χ0n) is 8.90. The SMILES string of the molecule is CCc1ccc(F)c(CC(C)C)c1F. The number of hydrogen-bond acceptors (Lipinski definition) is 0. The first-order chi connectivity index (χ1) is 6.56. The first-order valence-corrected chi connectivity index (χ1v) is 5.02. The van der Waals surface area contributed by atoms with E-state index < -0.39 is 5.82 Å². The highest BCUT2D eigenvalue weighted by molar-refractivity contribution is 5.27. The molecule has 0 nitrogen and oxygen atoms in total. The van der Waals surface area contributed by atoms with Crippen LogP contribution in [0.4, 0.5) is 8.78 Å². The van der Waals surface area contributed by atoms with Crippen LogP contribution in [0, 0.1) is 17.6 Å². The Balaban J connectivity index is 3.11. The molecule has 1 rings (SSSR count). The van der Waals surface area contributed by atoms with Crippen LogP contribution < -0.4 is 0 Å². The molecule has 0 radical (unpaired) electrons. The Hall–Kier alpha value is -0.920. The fraction of sp³-hybridized carbons (Fsp3) is 0.500. The third kappa shape index (κ3) is 2.31. The van der Waals surface area contributed by atoms with Crippen molar-refractivity contribution in [3.8, 4) is 0 Å². The Kier molecular flexibility index (Phi) is 3.62. The lowest BCUT2D eigenvalue weighted by atomic mass is 9.99. The Bertz CT molecular complexity index is 316. The van der Waals surface area contributed by atoms with Gasteiger partial charge in [0, 0.05) is 5.56 Å². The van der Waals surface area contributed by atoms with E-state index in [-0.39, 0.29) is 17.3 Å². The summed E-state index contributed by atoms with van der Waals surface area (Å²) in [7, 11) is 0. The first-order valence-electron chi connectivity index (χ1n) is 5.02. The second kappa shape index (κ2) is 4.54. The molecule has 0 atom stereocenters. The van der Waals surface area contributed by atoms with Crippen LogP contribution in [0.2, 0.25) is 0 Å². The van der Waals surface area contributed by atoms with E-state index in [1.165, 1.54) is 12.1 Å². The zero-order chi connectivity index (χ0) is 10.7. The molecule has 0 amide bonds. The Labute approximate surface area is 84.0 Å². The average Bonchev–Trinajstić information content (AvgIpc) is 2.12. The Morgan fingerprint density at radius 2 is 1.86 bits per heavy atom. The van der Waals surface area contributed by atoms with E-state index in [0.29, 0.717) is 18.4 Å². The maximum atomic E-state index is 13.7. The van der Waals surface area contributed by atoms with Crippen molar-refractivity contribution in [1.29, 1.82) is 0 Å². The molecule has 0 fully saturated rings. The molecule has 0 aliphatic heterocycles. The van der Waals surface area contributed by atoms with Crippen LogP contribution in [-0.4, -0.2) is 0 Å². The predicted molar refractivity (Wildman–Crippen MR) is 54.3 cm³/mol. The molecule has 78 valence electrons. The summed E-state index contributed by atoms with van der Waals surface area (Å²) in [6.07, 6.45) is 1.07. The lowest BCUT2D eigenvalue weighted by Gasteiger charge is -2.10. The zero-order valence-corrected chi connectivity index (χ0v) is 8.90. The summed E-state index contributed by atoms with van der Waals surface area (Å²) in [6, 6.07) is 2.88. The average molecular weight is 198 g/mol. The fourth-order valence-corrected chi connectivity index (χ4v) is 1.51. The molecule has 0 spiro atoms. The Morgan fingerprint density at radius 3 is 2.36 bits per heavy atom. The van der Waals surface area contributed by atoms with E-state index in [1.54, 1.807) is 0 Å². The number of benzene rings is 1. The van der Waals surface area contributed by atoms with Crippen LogP contribution >= 0.6 is 0 Å². The van der Waals surface area contributed by atoms with Gasteiger partial charge in [0.05, 0.1) is 0 Å². The van der Waals surface area contributed by atoms with Gasteiger partial charge in [-0.1, -0.05) is 26.8 Å². The van der Waals surface area contributed by atoms with Crippen LogP contribution in [-0.2, 0) is 12.8 Å². The molecule has 0 aromatic heterocycles. The maximum Gasteiger partial charge on any atom is 0.132 e. The number of aryl methyl sites for hydroxylation is 1. The van der Waals surface area contributed by atoms with Gasteiger partial charge in [-0.2, -0.15) is 0 Å². The van der Waals surface area contributed by atoms with E-state index in [0.717, 1.165) is 0 Å². The molecule has 0 unspecified atom stereocenters. The van der Waals surface area contributed by atoms with Gasteiger partial charge in [-0.25, -0.2) is 8.78 Å². The number of halogens is 2. The van der Waals surface area contributed by atoms with Crippen molar-refractivity contribution in [1.82, 2.24) is 0 Å². The minimum Gasteiger partial charge on any atom is -0.207 e. The molecule has 1 aromatic carbocycles. The largest absolute Gasteiger partial charge is 0.207 e. The second-order valence-electron chi connectivity index (χ2n) is 3.95. The monoisotopic (exact) mass is 198 g/mol. The summed E-state index contributed by atoms with van der Waals surface area (Å²) >= 11 is 0. The van der Waals surface area contributed by atoms with Gasteiger partial charge in [-0.15, -0.1) is 0 Å². The van der Waals surface area contributed by atoms with E-state index in [9.17, 15) is 8.78 Å². The highest BCUT2D eigenvalue weighted by Crippen LogP contribution is 2.20. The summed E-state index contributed by atoms with van der Waals surface area (Å²) < 4.78 is 26.9. The van der Waals surface area contributed by atoms with Crippen LogP contribution in [0.15, 0.2) is 12.1 Å². The molecule has 0 N–H and O–H groups in total. The maximum absolute atomic E-state index is 13.7. The first kappa shape index (κ1) is 11.2. The molecule has 0 aliphatic carbocycles. The van der Waals surface area contributed by atoms with Crippen molar-refractivity contribution in [3.05, 3.63) is 34.9 Å². The molecular weight excluding hydrogens is 182 g/mol. The quantitative estimate of drug-likeness (QED) is 0.694. The third-order valence-electron chi connectivity index (χ3n) is 2.26. The smallest absolute Gasteiger partial charge is 0.132 e. The van der Waals surface area contributed by atoms with Crippen LogP contribution in [0.3, 0.4) is 0 Å². The minimum absolute atomic E-state index is 0.236. The van der Waals surface area contributed by atoms with Crippen molar-refractivity contribution < 1.29 is 8.78 Å². The highest BCUT2D eigenvalue weighted by Gasteiger charge is 2.13. The van der Waals surface area contributed by atoms with E-state index in [4.69, 9.17) is 0 Å². The summed E-state index contributed by atoms with van der Waals surface area (Å²) in [5.74, 6) is -0.513. The minimum atomic E-state index is -0.423. The van der Waals surface area contributed by atoms with Crippen molar-refractivity contribution in [2.75, 3.05) is 0 Å². The Morgan fingerprint density at radius 1 is 1.21 bits per heavy atom. The van der Waals surface area contributed by atoms with Gasteiger partial charge in [0.15, 0.2) is 0 Å². The van der Waals surface area contributed by atoms with E-state index in [1.807, 2.05) is 20.8 Å². The molecule has 0 saturated heterocycles. The van der Waals surface area contributed by atoms with Gasteiger partial charge in [0.25, 0.3) is 0 Å². The van der Waals surface area contributed by atoms with Crippen molar-refractivity contribution >= 4 is 0 Å². The summed E-state index contributed by atoms with van der Waals surface area (Å²) in [5.41, 5.74) is 0.835. The van der Waals surface area contributed by atoms with Crippen LogP contribution in [0.25, 0.3) is 0 Å². The van der Waals surface area contributed by atoms with Crippen LogP contribution in [0.1, 0.15) is 31.9 Å². The van der Waals surface area contributed by atoms with Gasteiger partial charge in [-0.05, 0) is 30.4 Å². The second-order valence-corrected chi connectivity index (χ2v) is 3.95. The van der Waals surface area contributed by atoms with Crippen molar-refractivity contribution in [2.24, 2.45) is 5.92 Å². The van der Waals surface area contributed by atoms with Gasteiger partial charge in [0.1, 0.15) is 11.6 Å². The molecular formula is C12H16F2. The third-order valence-corrected chi connectivity index (χ3v) is 2.26. The standard InChI is InChI=1S/C12H16F2/c1-4-9-5-6-11(13)10(12(9)14)7-8(2)3/h5-6,8H,4,7H2,1-3H3. The van der Waals surface area contributed by atoms with Gasteiger partial charge >= 0.3 is 0 Å². The summed E-state index contributed by atoms with van der Waals surface area (Å²) in [4.78, 5) is 0. The van der Waals surface area contributed by atoms with Crippen molar-refractivity contribution in [3.63, 3.8) is 0 Å². The van der Waals surface area contributed by atoms with Crippen molar-refractivity contribution in [2.45, 2.75) is 33.6 Å². The van der Waals surface area contributed by atoms with E-state index in [2.05, 4.69) is 0 Å². The molecule has 0 bridgehead atoms. The predicted octanol–water partition coefficient (Wildman–Crippen LogP) is 3.73. The summed E-state index contributed by atoms with van der Waals surface area (Å²) in [6.45, 7) is 5.78. The lowest BCUT2D eigenvalue weighted by molar-refractivity contribution is 0.518. The fourth-order valence-electron chi connectivity index (χ4n) is 1.51. The topological polar surface area (TPSA) is 0 Å². The normalized spacial score (nSPS) is 11.0. The van der Waals surface area contributed by atoms with Gasteiger partial charge < -0.3 is 0 Å². The molecule has 2 heteroatoms.